The summed E-state index contributed by atoms with van der Waals surface area (Å²) in [4.78, 5) is 41.6. The Labute approximate surface area is 209 Å². The van der Waals surface area contributed by atoms with Gasteiger partial charge in [0.1, 0.15) is 17.2 Å². The molecular formula is C26H21F2N5O4. The molecule has 188 valence electrons. The van der Waals surface area contributed by atoms with Crippen LogP contribution in [0.2, 0.25) is 0 Å². The molecule has 1 atom stereocenters. The van der Waals surface area contributed by atoms with Crippen molar-refractivity contribution in [2.75, 3.05) is 0 Å². The number of amides is 2. The minimum absolute atomic E-state index is 0.0752. The van der Waals surface area contributed by atoms with Crippen LogP contribution >= 0.6 is 0 Å². The number of nitrogens with one attached hydrogen (secondary N) is 2. The number of aromatic carboxylic acids is 1. The first-order valence-electron chi connectivity index (χ1n) is 11.5. The molecule has 1 aliphatic carbocycles. The van der Waals surface area contributed by atoms with E-state index in [1.165, 1.54) is 36.4 Å². The van der Waals surface area contributed by atoms with Gasteiger partial charge in [0.05, 0.1) is 17.8 Å². The van der Waals surface area contributed by atoms with Crippen LogP contribution in [0.15, 0.2) is 48.7 Å². The van der Waals surface area contributed by atoms with Gasteiger partial charge < -0.3 is 15.7 Å². The summed E-state index contributed by atoms with van der Waals surface area (Å²) in [5, 5.41) is 18.8. The van der Waals surface area contributed by atoms with Crippen LogP contribution in [-0.2, 0) is 13.0 Å². The van der Waals surface area contributed by atoms with Gasteiger partial charge in [-0.25, -0.2) is 23.1 Å². The fourth-order valence-corrected chi connectivity index (χ4v) is 4.58. The van der Waals surface area contributed by atoms with E-state index in [2.05, 4.69) is 20.7 Å². The van der Waals surface area contributed by atoms with Crippen LogP contribution in [0.1, 0.15) is 66.1 Å². The Morgan fingerprint density at radius 3 is 2.59 bits per heavy atom. The Bertz CT molecular complexity index is 1570. The van der Waals surface area contributed by atoms with Crippen LogP contribution in [0.3, 0.4) is 0 Å². The van der Waals surface area contributed by atoms with E-state index in [1.807, 2.05) is 0 Å². The number of aromatic nitrogens is 3. The number of carboxylic acids is 1. The van der Waals surface area contributed by atoms with Crippen LogP contribution in [0, 0.1) is 18.6 Å². The van der Waals surface area contributed by atoms with Gasteiger partial charge in [-0.05, 0) is 60.2 Å². The molecule has 0 fully saturated rings. The van der Waals surface area contributed by atoms with Gasteiger partial charge in [-0.2, -0.15) is 5.10 Å². The van der Waals surface area contributed by atoms with Crippen molar-refractivity contribution in [3.05, 3.63) is 99.5 Å². The summed E-state index contributed by atoms with van der Waals surface area (Å²) in [6, 6.07) is 9.59. The van der Waals surface area contributed by atoms with Crippen molar-refractivity contribution in [1.29, 1.82) is 0 Å². The van der Waals surface area contributed by atoms with Gasteiger partial charge in [0, 0.05) is 12.6 Å². The Kier molecular flexibility index (Phi) is 6.12. The number of carbonyl (C=O) groups excluding carboxylic acids is 2. The normalized spacial score (nSPS) is 14.4. The summed E-state index contributed by atoms with van der Waals surface area (Å²) in [6.45, 7) is 1.81. The van der Waals surface area contributed by atoms with E-state index in [9.17, 15) is 28.3 Å². The van der Waals surface area contributed by atoms with Crippen molar-refractivity contribution in [3.63, 3.8) is 0 Å². The monoisotopic (exact) mass is 505 g/mol. The van der Waals surface area contributed by atoms with Gasteiger partial charge in [0.2, 0.25) is 0 Å². The minimum Gasteiger partial charge on any atom is -0.478 e. The van der Waals surface area contributed by atoms with E-state index in [0.717, 1.165) is 21.8 Å². The molecule has 0 bridgehead atoms. The molecule has 0 unspecified atom stereocenters. The fourth-order valence-electron chi connectivity index (χ4n) is 4.58. The Hall–Kier alpha value is -4.67. The van der Waals surface area contributed by atoms with Gasteiger partial charge in [-0.1, -0.05) is 18.2 Å². The van der Waals surface area contributed by atoms with Crippen LogP contribution < -0.4 is 10.6 Å². The molecule has 9 nitrogen and oxygen atoms in total. The fraction of sp³-hybridized carbons (Fsp3) is 0.192. The standard InChI is InChI=1S/C26H21F2N5O4/c1-13-16-8-9-20(18(16)7-6-17(13)26(36)37)32-25(35)22-10-21(31-23-19(28)12-30-33(22)23)24(34)29-11-14-2-4-15(27)5-3-14/h2-7,10,12,20H,8-9,11H2,1H3,(H,29,34)(H,32,35)(H,36,37)/t20-/m0/s1. The highest BCUT2D eigenvalue weighted by Gasteiger charge is 2.29. The molecule has 0 saturated carbocycles. The molecule has 1 aliphatic rings. The Balaban J connectivity index is 1.41. The molecule has 3 N–H and O–H groups in total. The second-order valence-corrected chi connectivity index (χ2v) is 8.74. The summed E-state index contributed by atoms with van der Waals surface area (Å²) in [5.41, 5.74) is 2.63. The van der Waals surface area contributed by atoms with Crippen molar-refractivity contribution < 1.29 is 28.3 Å². The van der Waals surface area contributed by atoms with Crippen molar-refractivity contribution in [2.24, 2.45) is 0 Å². The first-order chi connectivity index (χ1) is 17.7. The van der Waals surface area contributed by atoms with E-state index in [0.29, 0.717) is 24.0 Å². The van der Waals surface area contributed by atoms with Crippen LogP contribution in [0.25, 0.3) is 5.65 Å². The van der Waals surface area contributed by atoms with Crippen molar-refractivity contribution in [1.82, 2.24) is 25.2 Å². The average Bonchev–Trinajstić information content (AvgIpc) is 3.46. The largest absolute Gasteiger partial charge is 0.478 e. The molecule has 11 heteroatoms. The van der Waals surface area contributed by atoms with Crippen molar-refractivity contribution in [2.45, 2.75) is 32.4 Å². The summed E-state index contributed by atoms with van der Waals surface area (Å²) in [6.07, 6.45) is 2.05. The molecule has 37 heavy (non-hydrogen) atoms. The second-order valence-electron chi connectivity index (χ2n) is 8.74. The quantitative estimate of drug-likeness (QED) is 0.369. The zero-order valence-electron chi connectivity index (χ0n) is 19.6. The highest BCUT2D eigenvalue weighted by Crippen LogP contribution is 2.35. The molecule has 0 spiro atoms. The predicted octanol–water partition coefficient (Wildman–Crippen LogP) is 3.36. The lowest BCUT2D eigenvalue weighted by Crippen LogP contribution is -2.30. The van der Waals surface area contributed by atoms with E-state index in [1.54, 1.807) is 13.0 Å². The van der Waals surface area contributed by atoms with Gasteiger partial charge in [0.15, 0.2) is 11.5 Å². The van der Waals surface area contributed by atoms with Gasteiger partial charge in [-0.3, -0.25) is 9.59 Å². The highest BCUT2D eigenvalue weighted by atomic mass is 19.1. The summed E-state index contributed by atoms with van der Waals surface area (Å²) >= 11 is 0. The summed E-state index contributed by atoms with van der Waals surface area (Å²) < 4.78 is 28.5. The SMILES string of the molecule is Cc1c(C(=O)O)ccc2c1CC[C@@H]2NC(=O)c1cc(C(=O)NCc2ccc(F)cc2)nc2c(F)cnn12. The van der Waals surface area contributed by atoms with E-state index >= 15 is 0 Å². The Morgan fingerprint density at radius 2 is 1.86 bits per heavy atom. The smallest absolute Gasteiger partial charge is 0.335 e. The molecule has 0 aliphatic heterocycles. The maximum atomic E-state index is 14.4. The number of carbonyl (C=O) groups is 3. The van der Waals surface area contributed by atoms with E-state index in [-0.39, 0.29) is 29.1 Å². The number of hydrogen-bond acceptors (Lipinski definition) is 5. The number of fused-ring (bicyclic) bond motifs is 2. The van der Waals surface area contributed by atoms with Crippen LogP contribution in [0.5, 0.6) is 0 Å². The topological polar surface area (TPSA) is 126 Å². The molecule has 4 aromatic rings. The molecule has 0 radical (unpaired) electrons. The van der Waals surface area contributed by atoms with Gasteiger partial charge in [-0.15, -0.1) is 0 Å². The molecule has 2 heterocycles. The maximum absolute atomic E-state index is 14.4. The second kappa shape index (κ2) is 9.41. The highest BCUT2D eigenvalue weighted by molar-refractivity contribution is 5.98. The van der Waals surface area contributed by atoms with Crippen molar-refractivity contribution in [3.8, 4) is 0 Å². The third-order valence-electron chi connectivity index (χ3n) is 6.49. The average molecular weight is 505 g/mol. The summed E-state index contributed by atoms with van der Waals surface area (Å²) in [7, 11) is 0. The Morgan fingerprint density at radius 1 is 1.11 bits per heavy atom. The predicted molar refractivity (Wildman–Crippen MR) is 127 cm³/mol. The number of nitrogens with zero attached hydrogens (tertiary/aromatic N) is 3. The molecule has 2 aromatic carbocycles. The number of carboxylic acid groups (broad SMARTS) is 1. The number of hydrogen-bond donors (Lipinski definition) is 3. The molecule has 2 amide bonds. The number of benzene rings is 2. The first kappa shape index (κ1) is 24.0. The van der Waals surface area contributed by atoms with E-state index < -0.39 is 35.5 Å². The third-order valence-corrected chi connectivity index (χ3v) is 6.49. The zero-order valence-corrected chi connectivity index (χ0v) is 19.6. The third kappa shape index (κ3) is 4.51. The lowest BCUT2D eigenvalue weighted by Gasteiger charge is -2.16. The van der Waals surface area contributed by atoms with E-state index in [4.69, 9.17) is 0 Å². The number of rotatable bonds is 6. The summed E-state index contributed by atoms with van der Waals surface area (Å²) in [5.74, 6) is -3.47. The van der Waals surface area contributed by atoms with Crippen LogP contribution in [-0.4, -0.2) is 37.5 Å². The lowest BCUT2D eigenvalue weighted by atomic mass is 9.98. The zero-order chi connectivity index (χ0) is 26.3. The molecule has 2 aromatic heterocycles. The van der Waals surface area contributed by atoms with Crippen molar-refractivity contribution >= 4 is 23.4 Å². The van der Waals surface area contributed by atoms with Gasteiger partial charge >= 0.3 is 5.97 Å². The molecule has 0 saturated heterocycles. The minimum atomic E-state index is -1.02. The first-order valence-corrected chi connectivity index (χ1v) is 11.5. The molecule has 5 rings (SSSR count). The lowest BCUT2D eigenvalue weighted by molar-refractivity contribution is 0.0695. The maximum Gasteiger partial charge on any atom is 0.335 e. The van der Waals surface area contributed by atoms with Gasteiger partial charge in [0.25, 0.3) is 11.8 Å². The number of halogens is 2. The van der Waals surface area contributed by atoms with Crippen LogP contribution in [0.4, 0.5) is 8.78 Å². The molecular weight excluding hydrogens is 484 g/mol.